The smallest absolute Gasteiger partial charge is 0.240 e. The summed E-state index contributed by atoms with van der Waals surface area (Å²) >= 11 is 0. The second kappa shape index (κ2) is 4.99. The zero-order valence-electron chi connectivity index (χ0n) is 11.2. The van der Waals surface area contributed by atoms with Crippen molar-refractivity contribution >= 4 is 21.4 Å². The molecule has 1 heterocycles. The first-order valence-electron chi connectivity index (χ1n) is 6.16. The predicted octanol–water partition coefficient (Wildman–Crippen LogP) is 0.0565. The monoisotopic (exact) mass is 284 g/mol. The fourth-order valence-electron chi connectivity index (χ4n) is 2.49. The molecule has 0 aromatic heterocycles. The number of sulfonamides is 1. The third kappa shape index (κ3) is 2.99. The molecule has 1 unspecified atom stereocenters. The molecule has 4 N–H and O–H groups in total. The maximum absolute atomic E-state index is 11.7. The highest BCUT2D eigenvalue weighted by Crippen LogP contribution is 2.29. The fourth-order valence-corrected chi connectivity index (χ4v) is 3.27. The third-order valence-corrected chi connectivity index (χ3v) is 4.37. The van der Waals surface area contributed by atoms with E-state index in [9.17, 15) is 8.42 Å². The van der Waals surface area contributed by atoms with Crippen molar-refractivity contribution in [3.63, 3.8) is 0 Å². The number of nitrogens with zero attached hydrogens (tertiary/aromatic N) is 2. The molecule has 1 atom stereocenters. The van der Waals surface area contributed by atoms with Crippen LogP contribution in [0.2, 0.25) is 0 Å². The maximum atomic E-state index is 11.7. The van der Waals surface area contributed by atoms with E-state index in [1.54, 1.807) is 12.1 Å². The molecule has 2 rings (SSSR count). The first-order valence-corrected chi connectivity index (χ1v) is 7.71. The summed E-state index contributed by atoms with van der Waals surface area (Å²) in [6.07, 6.45) is 0. The number of primary sulfonamides is 1. The highest BCUT2D eigenvalue weighted by molar-refractivity contribution is 7.89. The van der Waals surface area contributed by atoms with E-state index in [1.807, 2.05) is 0 Å². The van der Waals surface area contributed by atoms with Crippen molar-refractivity contribution in [2.24, 2.45) is 5.14 Å². The number of nitrogen functional groups attached to an aromatic ring is 1. The van der Waals surface area contributed by atoms with Crippen LogP contribution in [0.5, 0.6) is 0 Å². The van der Waals surface area contributed by atoms with Crippen LogP contribution in [-0.2, 0) is 10.0 Å². The van der Waals surface area contributed by atoms with Crippen LogP contribution in [0.25, 0.3) is 0 Å². The van der Waals surface area contributed by atoms with Crippen LogP contribution in [0.1, 0.15) is 6.92 Å². The third-order valence-electron chi connectivity index (χ3n) is 3.43. The lowest BCUT2D eigenvalue weighted by Gasteiger charge is -2.40. The van der Waals surface area contributed by atoms with E-state index in [0.717, 1.165) is 19.6 Å². The van der Waals surface area contributed by atoms with Crippen molar-refractivity contribution in [3.8, 4) is 0 Å². The zero-order valence-corrected chi connectivity index (χ0v) is 12.0. The molecular formula is C12H20N4O2S. The average Bonchev–Trinajstić information content (AvgIpc) is 2.28. The van der Waals surface area contributed by atoms with Gasteiger partial charge in [0.15, 0.2) is 0 Å². The van der Waals surface area contributed by atoms with Gasteiger partial charge in [-0.3, -0.25) is 0 Å². The molecule has 0 radical (unpaired) electrons. The maximum Gasteiger partial charge on any atom is 0.240 e. The van der Waals surface area contributed by atoms with Crippen molar-refractivity contribution in [2.75, 3.05) is 37.3 Å². The Hall–Kier alpha value is -1.31. The van der Waals surface area contributed by atoms with Crippen LogP contribution in [0, 0.1) is 0 Å². The zero-order chi connectivity index (χ0) is 14.2. The van der Waals surface area contributed by atoms with Gasteiger partial charge in [0.2, 0.25) is 10.0 Å². The minimum absolute atomic E-state index is 0.101. The topological polar surface area (TPSA) is 92.7 Å². The molecular weight excluding hydrogens is 264 g/mol. The number of benzene rings is 1. The minimum Gasteiger partial charge on any atom is -0.399 e. The summed E-state index contributed by atoms with van der Waals surface area (Å²) < 4.78 is 23.4. The van der Waals surface area contributed by atoms with Crippen molar-refractivity contribution in [1.29, 1.82) is 0 Å². The van der Waals surface area contributed by atoms with Crippen LogP contribution >= 0.6 is 0 Å². The highest BCUT2D eigenvalue weighted by atomic mass is 32.2. The number of likely N-dealkylation sites (N-methyl/N-ethyl adjacent to an activating group) is 1. The van der Waals surface area contributed by atoms with Crippen LogP contribution < -0.4 is 15.8 Å². The van der Waals surface area contributed by atoms with Gasteiger partial charge in [-0.15, -0.1) is 0 Å². The van der Waals surface area contributed by atoms with E-state index in [1.165, 1.54) is 6.07 Å². The van der Waals surface area contributed by atoms with Gasteiger partial charge < -0.3 is 15.5 Å². The largest absolute Gasteiger partial charge is 0.399 e. The first-order chi connectivity index (χ1) is 8.79. The van der Waals surface area contributed by atoms with E-state index in [0.29, 0.717) is 11.4 Å². The second-order valence-corrected chi connectivity index (χ2v) is 6.61. The van der Waals surface area contributed by atoms with Crippen molar-refractivity contribution in [3.05, 3.63) is 18.2 Å². The Balaban J connectivity index is 2.45. The van der Waals surface area contributed by atoms with Gasteiger partial charge in [-0.2, -0.15) is 0 Å². The molecule has 1 aliphatic rings. The summed E-state index contributed by atoms with van der Waals surface area (Å²) in [4.78, 5) is 4.39. The van der Waals surface area contributed by atoms with Gasteiger partial charge >= 0.3 is 0 Å². The molecule has 1 fully saturated rings. The van der Waals surface area contributed by atoms with Crippen molar-refractivity contribution < 1.29 is 8.42 Å². The number of hydrogen-bond donors (Lipinski definition) is 2. The van der Waals surface area contributed by atoms with Gasteiger partial charge in [0.1, 0.15) is 4.90 Å². The van der Waals surface area contributed by atoms with Gasteiger partial charge in [-0.05, 0) is 32.2 Å². The number of anilines is 2. The Bertz CT molecular complexity index is 573. The second-order valence-electron chi connectivity index (χ2n) is 5.08. The van der Waals surface area contributed by atoms with Gasteiger partial charge in [-0.25, -0.2) is 13.6 Å². The molecule has 1 aliphatic heterocycles. The van der Waals surface area contributed by atoms with E-state index >= 15 is 0 Å². The number of nitrogens with two attached hydrogens (primary N) is 2. The molecule has 6 nitrogen and oxygen atoms in total. The minimum atomic E-state index is -3.78. The lowest BCUT2D eigenvalue weighted by atomic mass is 10.1. The Morgan fingerprint density at radius 2 is 2.00 bits per heavy atom. The van der Waals surface area contributed by atoms with Crippen molar-refractivity contribution in [2.45, 2.75) is 17.9 Å². The average molecular weight is 284 g/mol. The summed E-state index contributed by atoms with van der Waals surface area (Å²) in [5.74, 6) is 0. The van der Waals surface area contributed by atoms with Crippen LogP contribution in [0.15, 0.2) is 23.1 Å². The quantitative estimate of drug-likeness (QED) is 0.749. The SMILES string of the molecule is CC1CN(C)CCN1c1ccc(N)cc1S(N)(=O)=O. The summed E-state index contributed by atoms with van der Waals surface area (Å²) in [6, 6.07) is 5.09. The van der Waals surface area contributed by atoms with Gasteiger partial charge in [0, 0.05) is 31.4 Å². The molecule has 0 amide bonds. The summed E-state index contributed by atoms with van der Waals surface area (Å²) in [5.41, 5.74) is 6.70. The molecule has 106 valence electrons. The first kappa shape index (κ1) is 14.1. The van der Waals surface area contributed by atoms with E-state index in [2.05, 4.69) is 23.8 Å². The molecule has 7 heteroatoms. The Labute approximate surface area is 114 Å². The molecule has 1 aromatic rings. The van der Waals surface area contributed by atoms with Gasteiger partial charge in [-0.1, -0.05) is 0 Å². The normalized spacial score (nSPS) is 21.6. The molecule has 19 heavy (non-hydrogen) atoms. The lowest BCUT2D eigenvalue weighted by Crippen LogP contribution is -2.51. The fraction of sp³-hybridized carbons (Fsp3) is 0.500. The molecule has 0 saturated carbocycles. The number of piperazine rings is 1. The summed E-state index contributed by atoms with van der Waals surface area (Å²) in [7, 11) is -1.72. The molecule has 0 bridgehead atoms. The van der Waals surface area contributed by atoms with E-state index < -0.39 is 10.0 Å². The molecule has 0 aliphatic carbocycles. The Morgan fingerprint density at radius 1 is 1.32 bits per heavy atom. The molecule has 0 spiro atoms. The summed E-state index contributed by atoms with van der Waals surface area (Å²) in [6.45, 7) is 4.61. The predicted molar refractivity (Wildman–Crippen MR) is 76.5 cm³/mol. The van der Waals surface area contributed by atoms with Crippen molar-refractivity contribution in [1.82, 2.24) is 4.90 Å². The van der Waals surface area contributed by atoms with Crippen LogP contribution in [0.4, 0.5) is 11.4 Å². The summed E-state index contributed by atoms with van der Waals surface area (Å²) in [5, 5.41) is 5.29. The molecule has 1 saturated heterocycles. The number of hydrogen-bond acceptors (Lipinski definition) is 5. The molecule has 1 aromatic carbocycles. The van der Waals surface area contributed by atoms with Crippen LogP contribution in [-0.4, -0.2) is 46.0 Å². The standard InChI is InChI=1S/C12H20N4O2S/c1-9-8-15(2)5-6-16(9)11-4-3-10(13)7-12(11)19(14,17)18/h3-4,7,9H,5-6,8,13H2,1-2H3,(H2,14,17,18). The Kier molecular flexibility index (Phi) is 3.71. The Morgan fingerprint density at radius 3 is 2.58 bits per heavy atom. The van der Waals surface area contributed by atoms with E-state index in [-0.39, 0.29) is 10.9 Å². The van der Waals surface area contributed by atoms with Crippen LogP contribution in [0.3, 0.4) is 0 Å². The van der Waals surface area contributed by atoms with E-state index in [4.69, 9.17) is 10.9 Å². The highest BCUT2D eigenvalue weighted by Gasteiger charge is 2.26. The number of rotatable bonds is 2. The lowest BCUT2D eigenvalue weighted by molar-refractivity contribution is 0.275. The van der Waals surface area contributed by atoms with Gasteiger partial charge in [0.05, 0.1) is 5.69 Å². The van der Waals surface area contributed by atoms with Gasteiger partial charge in [0.25, 0.3) is 0 Å².